The van der Waals surface area contributed by atoms with Crippen molar-refractivity contribution >= 4 is 11.8 Å². The summed E-state index contributed by atoms with van der Waals surface area (Å²) < 4.78 is 50.8. The van der Waals surface area contributed by atoms with Gasteiger partial charge in [0.05, 0.1) is 43.3 Å². The Labute approximate surface area is 175 Å². The van der Waals surface area contributed by atoms with Gasteiger partial charge in [-0.25, -0.2) is 19.7 Å². The van der Waals surface area contributed by atoms with Crippen molar-refractivity contribution in [2.24, 2.45) is 0 Å². The van der Waals surface area contributed by atoms with Crippen LogP contribution in [0, 0.1) is 0 Å². The Balaban J connectivity index is 1.57. The van der Waals surface area contributed by atoms with E-state index in [-0.39, 0.29) is 19.2 Å². The number of likely N-dealkylation sites (tertiary alicyclic amines) is 1. The Bertz CT molecular complexity index is 988. The highest BCUT2D eigenvalue weighted by Crippen LogP contribution is 2.38. The van der Waals surface area contributed by atoms with E-state index in [1.54, 1.807) is 4.90 Å². The molecule has 2 aromatic rings. The van der Waals surface area contributed by atoms with Crippen molar-refractivity contribution in [3.8, 4) is 11.8 Å². The lowest BCUT2D eigenvalue weighted by atomic mass is 10.1. The highest BCUT2D eigenvalue weighted by atomic mass is 19.4. The van der Waals surface area contributed by atoms with E-state index in [1.807, 2.05) is 0 Å². The van der Waals surface area contributed by atoms with E-state index in [9.17, 15) is 18.0 Å². The molecule has 1 atom stereocenters. The summed E-state index contributed by atoms with van der Waals surface area (Å²) in [5.74, 6) is -0.158. The molecule has 4 heterocycles. The average molecular weight is 439 g/mol. The summed E-state index contributed by atoms with van der Waals surface area (Å²) in [5, 5.41) is 9.11. The fourth-order valence-corrected chi connectivity index (χ4v) is 3.77. The lowest BCUT2D eigenvalue weighted by molar-refractivity contribution is -0.139. The van der Waals surface area contributed by atoms with E-state index < -0.39 is 23.7 Å². The molecule has 0 saturated carbocycles. The maximum Gasteiger partial charge on any atom is 0.421 e. The standard InChI is InChI=1S/C19H20F3N5O4/c1-30-17-14(19(20,21)22)6-11(7-23-17)26-5-3-15-13(9-26)16(25-10-24-15)31-12-2-4-27(8-12)18(28)29/h6-7,10,12H,2-5,8-9H2,1H3,(H,28,29)/t12-/m0/s1. The van der Waals surface area contributed by atoms with Crippen LogP contribution in [0.1, 0.15) is 23.2 Å². The number of methoxy groups -OCH3 is 1. The van der Waals surface area contributed by atoms with Gasteiger partial charge in [0.25, 0.3) is 0 Å². The smallest absolute Gasteiger partial charge is 0.421 e. The van der Waals surface area contributed by atoms with Crippen molar-refractivity contribution in [1.29, 1.82) is 0 Å². The minimum Gasteiger partial charge on any atom is -0.481 e. The van der Waals surface area contributed by atoms with E-state index in [1.165, 1.54) is 17.4 Å². The van der Waals surface area contributed by atoms with E-state index in [0.717, 1.165) is 18.9 Å². The number of carboxylic acid groups (broad SMARTS) is 1. The molecule has 12 heteroatoms. The van der Waals surface area contributed by atoms with Crippen LogP contribution in [0.5, 0.6) is 11.8 Å². The number of hydrogen-bond acceptors (Lipinski definition) is 7. The molecule has 166 valence electrons. The van der Waals surface area contributed by atoms with Gasteiger partial charge in [0.1, 0.15) is 18.0 Å². The summed E-state index contributed by atoms with van der Waals surface area (Å²) in [6.45, 7) is 1.30. The number of anilines is 1. The van der Waals surface area contributed by atoms with Crippen molar-refractivity contribution in [2.45, 2.75) is 31.7 Å². The first kappa shape index (κ1) is 20.9. The Morgan fingerprint density at radius 3 is 2.71 bits per heavy atom. The van der Waals surface area contributed by atoms with Crippen LogP contribution in [-0.2, 0) is 19.1 Å². The van der Waals surface area contributed by atoms with Crippen LogP contribution in [0.15, 0.2) is 18.6 Å². The van der Waals surface area contributed by atoms with Crippen LogP contribution in [0.25, 0.3) is 0 Å². The summed E-state index contributed by atoms with van der Waals surface area (Å²) in [5.41, 5.74) is 0.782. The van der Waals surface area contributed by atoms with E-state index in [2.05, 4.69) is 15.0 Å². The number of ether oxygens (including phenoxy) is 2. The molecule has 2 aliphatic heterocycles. The van der Waals surface area contributed by atoms with Gasteiger partial charge in [0.2, 0.25) is 11.8 Å². The zero-order chi connectivity index (χ0) is 22.2. The molecule has 4 rings (SSSR count). The Hall–Kier alpha value is -3.31. The summed E-state index contributed by atoms with van der Waals surface area (Å²) in [7, 11) is 1.14. The first-order chi connectivity index (χ1) is 14.8. The second-order valence-corrected chi connectivity index (χ2v) is 7.28. The van der Waals surface area contributed by atoms with Crippen molar-refractivity contribution in [1.82, 2.24) is 19.9 Å². The minimum absolute atomic E-state index is 0.231. The van der Waals surface area contributed by atoms with Crippen LogP contribution in [-0.4, -0.2) is 63.9 Å². The third kappa shape index (κ3) is 4.28. The number of hydrogen-bond donors (Lipinski definition) is 1. The van der Waals surface area contributed by atoms with Crippen LogP contribution >= 0.6 is 0 Å². The summed E-state index contributed by atoms with van der Waals surface area (Å²) in [6, 6.07) is 1.02. The van der Waals surface area contributed by atoms with E-state index >= 15 is 0 Å². The number of aromatic nitrogens is 3. The van der Waals surface area contributed by atoms with Crippen molar-refractivity contribution < 1.29 is 32.5 Å². The predicted octanol–water partition coefficient (Wildman–Crippen LogP) is 2.59. The quantitative estimate of drug-likeness (QED) is 0.776. The molecule has 0 spiro atoms. The summed E-state index contributed by atoms with van der Waals surface area (Å²) in [4.78, 5) is 26.4. The first-order valence-electron chi connectivity index (χ1n) is 9.59. The summed E-state index contributed by atoms with van der Waals surface area (Å²) in [6.07, 6.45) is -2.20. The molecule has 1 fully saturated rings. The normalized spacial score (nSPS) is 18.6. The van der Waals surface area contributed by atoms with Gasteiger partial charge in [-0.3, -0.25) is 0 Å². The molecule has 2 aliphatic rings. The summed E-state index contributed by atoms with van der Waals surface area (Å²) >= 11 is 0. The maximum absolute atomic E-state index is 13.4. The van der Waals surface area contributed by atoms with Gasteiger partial charge in [-0.05, 0) is 6.07 Å². The number of pyridine rings is 1. The van der Waals surface area contributed by atoms with Crippen molar-refractivity contribution in [3.05, 3.63) is 35.4 Å². The molecule has 1 amide bonds. The highest BCUT2D eigenvalue weighted by Gasteiger charge is 2.36. The number of alkyl halides is 3. The monoisotopic (exact) mass is 439 g/mol. The second-order valence-electron chi connectivity index (χ2n) is 7.28. The molecule has 0 aliphatic carbocycles. The van der Waals surface area contributed by atoms with Gasteiger partial charge in [0.15, 0.2) is 0 Å². The molecular formula is C19H20F3N5O4. The molecule has 0 aromatic carbocycles. The highest BCUT2D eigenvalue weighted by molar-refractivity contribution is 5.65. The molecule has 1 N–H and O–H groups in total. The number of carbonyl (C=O) groups is 1. The Morgan fingerprint density at radius 1 is 1.23 bits per heavy atom. The maximum atomic E-state index is 13.4. The molecule has 0 radical (unpaired) electrons. The van der Waals surface area contributed by atoms with Gasteiger partial charge >= 0.3 is 12.3 Å². The third-order valence-electron chi connectivity index (χ3n) is 5.36. The lowest BCUT2D eigenvalue weighted by Crippen LogP contribution is -2.33. The topological polar surface area (TPSA) is 101 Å². The molecule has 0 unspecified atom stereocenters. The minimum atomic E-state index is -4.60. The van der Waals surface area contributed by atoms with Gasteiger partial charge in [0, 0.05) is 25.9 Å². The largest absolute Gasteiger partial charge is 0.481 e. The van der Waals surface area contributed by atoms with Gasteiger partial charge < -0.3 is 24.4 Å². The number of halogens is 3. The average Bonchev–Trinajstić information content (AvgIpc) is 3.21. The first-order valence-corrected chi connectivity index (χ1v) is 9.59. The number of nitrogens with zero attached hydrogens (tertiary/aromatic N) is 5. The SMILES string of the molecule is COc1ncc(N2CCc3ncnc(O[C@H]4CCN(C(=O)O)C4)c3C2)cc1C(F)(F)F. The molecule has 31 heavy (non-hydrogen) atoms. The number of rotatable bonds is 4. The lowest BCUT2D eigenvalue weighted by Gasteiger charge is -2.31. The van der Waals surface area contributed by atoms with Gasteiger partial charge in [-0.15, -0.1) is 0 Å². The Morgan fingerprint density at radius 2 is 2.03 bits per heavy atom. The van der Waals surface area contributed by atoms with Crippen molar-refractivity contribution in [2.75, 3.05) is 31.6 Å². The van der Waals surface area contributed by atoms with Crippen LogP contribution in [0.4, 0.5) is 23.7 Å². The zero-order valence-electron chi connectivity index (χ0n) is 16.6. The molecule has 1 saturated heterocycles. The number of fused-ring (bicyclic) bond motifs is 1. The molecule has 0 bridgehead atoms. The zero-order valence-corrected chi connectivity index (χ0v) is 16.6. The van der Waals surface area contributed by atoms with Crippen LogP contribution < -0.4 is 14.4 Å². The fourth-order valence-electron chi connectivity index (χ4n) is 3.77. The molecule has 9 nitrogen and oxygen atoms in total. The van der Waals surface area contributed by atoms with Crippen LogP contribution in [0.3, 0.4) is 0 Å². The van der Waals surface area contributed by atoms with E-state index in [0.29, 0.717) is 43.1 Å². The van der Waals surface area contributed by atoms with Crippen LogP contribution in [0.2, 0.25) is 0 Å². The number of amides is 1. The van der Waals surface area contributed by atoms with E-state index in [4.69, 9.17) is 14.6 Å². The Kier molecular flexibility index (Phi) is 5.46. The van der Waals surface area contributed by atoms with Gasteiger partial charge in [-0.1, -0.05) is 0 Å². The molecule has 2 aromatic heterocycles. The predicted molar refractivity (Wildman–Crippen MR) is 101 cm³/mol. The third-order valence-corrected chi connectivity index (χ3v) is 5.36. The fraction of sp³-hybridized carbons (Fsp3) is 0.474. The van der Waals surface area contributed by atoms with Crippen molar-refractivity contribution in [3.63, 3.8) is 0 Å². The molecular weight excluding hydrogens is 419 g/mol. The second kappa shape index (κ2) is 8.08. The van der Waals surface area contributed by atoms with Gasteiger partial charge in [-0.2, -0.15) is 13.2 Å².